The molecule has 12 heteroatoms. The summed E-state index contributed by atoms with van der Waals surface area (Å²) in [6, 6.07) is 2.03. The molecule has 2 aliphatic rings. The Balaban J connectivity index is 1.65. The highest BCUT2D eigenvalue weighted by Crippen LogP contribution is 2.49. The highest BCUT2D eigenvalue weighted by atomic mass is 32.2. The maximum absolute atomic E-state index is 15.2. The van der Waals surface area contributed by atoms with Crippen molar-refractivity contribution >= 4 is 21.1 Å². The molecule has 4 heterocycles. The summed E-state index contributed by atoms with van der Waals surface area (Å²) in [5.74, 6) is -3.44. The maximum Gasteiger partial charge on any atom is 0.319 e. The lowest BCUT2D eigenvalue weighted by Crippen LogP contribution is -2.64. The molecular weight excluding hydrogens is 404 g/mol. The molecule has 1 fully saturated rings. The fourth-order valence-electron chi connectivity index (χ4n) is 4.04. The largest absolute Gasteiger partial charge is 0.346 e. The molecule has 3 aromatic rings. The molecule has 150 valence electrons. The lowest BCUT2D eigenvalue weighted by atomic mass is 9.89. The second-order valence-corrected chi connectivity index (χ2v) is 9.54. The van der Waals surface area contributed by atoms with E-state index in [1.165, 1.54) is 34.6 Å². The summed E-state index contributed by atoms with van der Waals surface area (Å²) in [5, 5.41) is 13.7. The Labute approximate surface area is 164 Å². The molecule has 1 aliphatic carbocycles. The second kappa shape index (κ2) is 5.58. The Morgan fingerprint density at radius 1 is 1.34 bits per heavy atom. The normalized spacial score (nSPS) is 19.5. The van der Waals surface area contributed by atoms with Gasteiger partial charge in [-0.2, -0.15) is 23.4 Å². The van der Waals surface area contributed by atoms with Gasteiger partial charge in [-0.3, -0.25) is 4.68 Å². The van der Waals surface area contributed by atoms with Crippen LogP contribution in [0.25, 0.3) is 22.3 Å². The number of alkyl halides is 2. The van der Waals surface area contributed by atoms with Crippen LogP contribution in [0.1, 0.15) is 24.6 Å². The molecule has 0 spiro atoms. The van der Waals surface area contributed by atoms with Gasteiger partial charge < -0.3 is 4.98 Å². The molecule has 0 amide bonds. The lowest BCUT2D eigenvalue weighted by molar-refractivity contribution is 0.0326. The summed E-state index contributed by atoms with van der Waals surface area (Å²) in [4.78, 5) is 10.9. The standard InChI is InChI=1S/C17H15F2N7O2S/c1-2-29(27,28)25-7-16(8-25,3-4-20)26-6-10-13-12-11(17(18,19)14(10)24-26)5-21-15(12)23-9-22-13/h5-6,9H,2-3,7-8H2,1H3,(H,21,22,23). The Hall–Kier alpha value is -2.91. The summed E-state index contributed by atoms with van der Waals surface area (Å²) in [7, 11) is -3.44. The van der Waals surface area contributed by atoms with E-state index in [1.54, 1.807) is 0 Å². The molecule has 0 atom stereocenters. The van der Waals surface area contributed by atoms with E-state index >= 15 is 8.78 Å². The number of fused-ring (bicyclic) bond motifs is 2. The summed E-state index contributed by atoms with van der Waals surface area (Å²) in [5.41, 5.74) is -0.907. The van der Waals surface area contributed by atoms with Crippen molar-refractivity contribution in [2.75, 3.05) is 18.8 Å². The molecule has 29 heavy (non-hydrogen) atoms. The van der Waals surface area contributed by atoms with Crippen LogP contribution in [0.2, 0.25) is 0 Å². The number of nitrogens with zero attached hydrogens (tertiary/aromatic N) is 6. The smallest absolute Gasteiger partial charge is 0.319 e. The van der Waals surface area contributed by atoms with Crippen LogP contribution in [0.15, 0.2) is 18.7 Å². The summed E-state index contributed by atoms with van der Waals surface area (Å²) >= 11 is 0. The first-order valence-corrected chi connectivity index (χ1v) is 10.5. The molecule has 5 rings (SSSR count). The van der Waals surface area contributed by atoms with E-state index in [4.69, 9.17) is 0 Å². The minimum absolute atomic E-state index is 0.00893. The third-order valence-electron chi connectivity index (χ3n) is 5.67. The average Bonchev–Trinajstić information content (AvgIpc) is 3.29. The molecule has 9 nitrogen and oxygen atoms in total. The van der Waals surface area contributed by atoms with Crippen LogP contribution in [0.5, 0.6) is 0 Å². The fourth-order valence-corrected chi connectivity index (χ4v) is 5.28. The summed E-state index contributed by atoms with van der Waals surface area (Å²) in [6.07, 6.45) is 3.87. The highest BCUT2D eigenvalue weighted by Gasteiger charge is 2.52. The number of halogens is 2. The van der Waals surface area contributed by atoms with Crippen molar-refractivity contribution in [1.29, 1.82) is 5.26 Å². The molecule has 1 saturated heterocycles. The van der Waals surface area contributed by atoms with Crippen LogP contribution in [0, 0.1) is 11.3 Å². The van der Waals surface area contributed by atoms with E-state index in [2.05, 4.69) is 20.1 Å². The zero-order valence-corrected chi connectivity index (χ0v) is 16.0. The third-order valence-corrected chi connectivity index (χ3v) is 7.44. The number of aromatic amines is 1. The SMILES string of the molecule is CCS(=O)(=O)N1CC(CC#N)(n2cc3c(n2)C(F)(F)c2c[nH]c4ncnc-3c24)C1. The number of hydrogen-bond acceptors (Lipinski definition) is 6. The number of H-pyrrole nitrogens is 1. The van der Waals surface area contributed by atoms with Gasteiger partial charge in [0.2, 0.25) is 10.0 Å². The molecule has 1 aliphatic heterocycles. The maximum atomic E-state index is 15.2. The fraction of sp³-hybridized carbons (Fsp3) is 0.412. The number of sulfonamides is 1. The Morgan fingerprint density at radius 3 is 2.79 bits per heavy atom. The zero-order chi connectivity index (χ0) is 20.6. The average molecular weight is 419 g/mol. The van der Waals surface area contributed by atoms with Crippen LogP contribution in [0.3, 0.4) is 0 Å². The van der Waals surface area contributed by atoms with Gasteiger partial charge in [-0.05, 0) is 6.92 Å². The number of rotatable bonds is 4. The van der Waals surface area contributed by atoms with Gasteiger partial charge in [0.1, 0.15) is 23.2 Å². The Kier molecular flexibility index (Phi) is 3.49. The van der Waals surface area contributed by atoms with Gasteiger partial charge in [0.25, 0.3) is 0 Å². The van der Waals surface area contributed by atoms with Gasteiger partial charge in [0, 0.05) is 31.0 Å². The molecule has 0 radical (unpaired) electrons. The van der Waals surface area contributed by atoms with Gasteiger partial charge in [-0.15, -0.1) is 0 Å². The van der Waals surface area contributed by atoms with Gasteiger partial charge in [-0.1, -0.05) is 0 Å². The summed E-state index contributed by atoms with van der Waals surface area (Å²) < 4.78 is 57.2. The predicted octanol–water partition coefficient (Wildman–Crippen LogP) is 1.55. The first-order valence-electron chi connectivity index (χ1n) is 8.89. The van der Waals surface area contributed by atoms with E-state index in [1.807, 2.05) is 6.07 Å². The molecule has 1 N–H and O–H groups in total. The molecule has 3 aromatic heterocycles. The van der Waals surface area contributed by atoms with E-state index in [0.29, 0.717) is 11.3 Å². The van der Waals surface area contributed by atoms with Crippen molar-refractivity contribution in [2.24, 2.45) is 0 Å². The van der Waals surface area contributed by atoms with E-state index in [0.717, 1.165) is 0 Å². The van der Waals surface area contributed by atoms with Crippen LogP contribution in [0.4, 0.5) is 8.78 Å². The topological polar surface area (TPSA) is 121 Å². The minimum Gasteiger partial charge on any atom is -0.346 e. The predicted molar refractivity (Wildman–Crippen MR) is 97.3 cm³/mol. The van der Waals surface area contributed by atoms with Crippen molar-refractivity contribution in [2.45, 2.75) is 24.8 Å². The molecule has 0 saturated carbocycles. The first kappa shape index (κ1) is 18.1. The van der Waals surface area contributed by atoms with Gasteiger partial charge in [0.05, 0.1) is 34.9 Å². The van der Waals surface area contributed by atoms with E-state index in [9.17, 15) is 13.7 Å². The van der Waals surface area contributed by atoms with Gasteiger partial charge in [0.15, 0.2) is 0 Å². The number of nitrogens with one attached hydrogen (secondary N) is 1. The zero-order valence-electron chi connectivity index (χ0n) is 15.2. The van der Waals surface area contributed by atoms with Crippen molar-refractivity contribution in [3.05, 3.63) is 30.0 Å². The molecule has 0 bridgehead atoms. The second-order valence-electron chi connectivity index (χ2n) is 7.29. The van der Waals surface area contributed by atoms with E-state index in [-0.39, 0.29) is 41.8 Å². The van der Waals surface area contributed by atoms with Crippen molar-refractivity contribution < 1.29 is 17.2 Å². The quantitative estimate of drug-likeness (QED) is 0.685. The van der Waals surface area contributed by atoms with Crippen molar-refractivity contribution in [3.8, 4) is 17.3 Å². The van der Waals surface area contributed by atoms with Crippen LogP contribution in [-0.4, -0.2) is 56.3 Å². The van der Waals surface area contributed by atoms with Crippen LogP contribution in [-0.2, 0) is 21.5 Å². The lowest BCUT2D eigenvalue weighted by Gasteiger charge is -2.47. The van der Waals surface area contributed by atoms with Crippen molar-refractivity contribution in [3.63, 3.8) is 0 Å². The van der Waals surface area contributed by atoms with Gasteiger partial charge >= 0.3 is 5.92 Å². The Bertz CT molecular complexity index is 1300. The summed E-state index contributed by atoms with van der Waals surface area (Å²) in [6.45, 7) is 1.55. The monoisotopic (exact) mass is 419 g/mol. The molecule has 0 aromatic carbocycles. The minimum atomic E-state index is -3.44. The third kappa shape index (κ3) is 2.25. The van der Waals surface area contributed by atoms with Crippen molar-refractivity contribution in [1.82, 2.24) is 29.0 Å². The van der Waals surface area contributed by atoms with Crippen LogP contribution >= 0.6 is 0 Å². The molecule has 0 unspecified atom stereocenters. The Morgan fingerprint density at radius 2 is 2.10 bits per heavy atom. The van der Waals surface area contributed by atoms with Gasteiger partial charge in [-0.25, -0.2) is 18.4 Å². The number of aromatic nitrogens is 5. The van der Waals surface area contributed by atoms with Crippen LogP contribution < -0.4 is 0 Å². The number of nitriles is 1. The first-order chi connectivity index (χ1) is 13.7. The highest BCUT2D eigenvalue weighted by molar-refractivity contribution is 7.89. The number of hydrogen-bond donors (Lipinski definition) is 1. The van der Waals surface area contributed by atoms with E-state index < -0.39 is 27.2 Å². The molecular formula is C17H15F2N7O2S.